The minimum absolute atomic E-state index is 0.153. The number of carbonyl (C=O) groups excluding carboxylic acids is 1. The highest BCUT2D eigenvalue weighted by Gasteiger charge is 2.24. The number of hydrogen-bond acceptors (Lipinski definition) is 5. The molecule has 2 heterocycles. The molecule has 0 saturated heterocycles. The smallest absolute Gasteiger partial charge is 0.234 e. The summed E-state index contributed by atoms with van der Waals surface area (Å²) < 4.78 is 5.62. The number of furan rings is 1. The predicted octanol–water partition coefficient (Wildman–Crippen LogP) is 5.48. The first-order valence-electron chi connectivity index (χ1n) is 9.33. The average Bonchev–Trinajstić information content (AvgIpc) is 3.27. The lowest BCUT2D eigenvalue weighted by atomic mass is 9.89. The highest BCUT2D eigenvalue weighted by atomic mass is 35.5. The molecule has 0 saturated carbocycles. The number of amides is 1. The number of nitrogens with zero attached hydrogens (tertiary/aromatic N) is 2. The lowest BCUT2D eigenvalue weighted by Crippen LogP contribution is -2.15. The molecule has 3 aromatic rings. The normalized spacial score (nSPS) is 12.8. The number of nitrogens with one attached hydrogen (secondary N) is 1. The maximum absolute atomic E-state index is 12.4. The second kappa shape index (κ2) is 8.73. The maximum Gasteiger partial charge on any atom is 0.234 e. The fourth-order valence-corrected chi connectivity index (χ4v) is 4.42. The third-order valence-electron chi connectivity index (χ3n) is 4.79. The van der Waals surface area contributed by atoms with Crippen LogP contribution in [0.1, 0.15) is 29.7 Å². The summed E-state index contributed by atoms with van der Waals surface area (Å²) in [7, 11) is 0. The molecule has 0 unspecified atom stereocenters. The molecule has 0 fully saturated rings. The van der Waals surface area contributed by atoms with E-state index in [2.05, 4.69) is 11.4 Å². The molecule has 146 valence electrons. The van der Waals surface area contributed by atoms with Gasteiger partial charge in [0.25, 0.3) is 0 Å². The molecule has 5 nitrogen and oxygen atoms in total. The third-order valence-corrected chi connectivity index (χ3v) is 6.02. The van der Waals surface area contributed by atoms with Crippen LogP contribution in [-0.4, -0.2) is 16.6 Å². The van der Waals surface area contributed by atoms with Gasteiger partial charge in [0.1, 0.15) is 16.9 Å². The van der Waals surface area contributed by atoms with E-state index < -0.39 is 0 Å². The first-order valence-corrected chi connectivity index (χ1v) is 10.7. The Morgan fingerprint density at radius 2 is 2.03 bits per heavy atom. The van der Waals surface area contributed by atoms with Crippen LogP contribution in [0.25, 0.3) is 11.3 Å². The fourth-order valence-electron chi connectivity index (χ4n) is 3.48. The number of thioether (sulfide) groups is 1. The van der Waals surface area contributed by atoms with Gasteiger partial charge in [-0.1, -0.05) is 23.4 Å². The molecule has 7 heteroatoms. The molecule has 1 aliphatic rings. The second-order valence-electron chi connectivity index (χ2n) is 6.73. The molecule has 1 aromatic carbocycles. The number of hydrogen-bond donors (Lipinski definition) is 1. The number of fused-ring (bicyclic) bond motifs is 1. The van der Waals surface area contributed by atoms with Crippen molar-refractivity contribution in [3.63, 3.8) is 0 Å². The van der Waals surface area contributed by atoms with E-state index in [1.165, 1.54) is 11.8 Å². The summed E-state index contributed by atoms with van der Waals surface area (Å²) in [6, 6.07) is 12.9. The number of aromatic nitrogens is 1. The van der Waals surface area contributed by atoms with Gasteiger partial charge in [0, 0.05) is 22.0 Å². The Balaban J connectivity index is 1.60. The lowest BCUT2D eigenvalue weighted by molar-refractivity contribution is -0.113. The Hall–Kier alpha value is -2.75. The van der Waals surface area contributed by atoms with Crippen LogP contribution < -0.4 is 5.32 Å². The van der Waals surface area contributed by atoms with Crippen molar-refractivity contribution < 1.29 is 9.21 Å². The zero-order valence-electron chi connectivity index (χ0n) is 15.6. The number of carbonyl (C=O) groups is 1. The molecule has 0 aliphatic heterocycles. The Morgan fingerprint density at radius 1 is 1.24 bits per heavy atom. The summed E-state index contributed by atoms with van der Waals surface area (Å²) >= 11 is 7.15. The fraction of sp³-hybridized carbons (Fsp3) is 0.227. The minimum Gasteiger partial charge on any atom is -0.464 e. The molecule has 29 heavy (non-hydrogen) atoms. The standard InChI is InChI=1S/C22H18ClN3O2S/c23-14-7-9-15(10-8-14)25-20(27)13-29-22-17(12-24)21(19-6-3-11-28-19)16-4-1-2-5-18(16)26-22/h3,6-11H,1-2,4-5,13H2,(H,25,27). The summed E-state index contributed by atoms with van der Waals surface area (Å²) in [5.74, 6) is 0.663. The number of nitriles is 1. The van der Waals surface area contributed by atoms with E-state index in [0.29, 0.717) is 27.1 Å². The van der Waals surface area contributed by atoms with Gasteiger partial charge in [0.2, 0.25) is 5.91 Å². The second-order valence-corrected chi connectivity index (χ2v) is 8.13. The van der Waals surface area contributed by atoms with Crippen molar-refractivity contribution in [3.8, 4) is 17.4 Å². The summed E-state index contributed by atoms with van der Waals surface area (Å²) in [6.07, 6.45) is 5.51. The number of pyridine rings is 1. The summed E-state index contributed by atoms with van der Waals surface area (Å²) in [5, 5.41) is 13.9. The zero-order chi connectivity index (χ0) is 20.2. The van der Waals surface area contributed by atoms with Gasteiger partial charge in [-0.2, -0.15) is 5.26 Å². The highest BCUT2D eigenvalue weighted by Crippen LogP contribution is 2.38. The van der Waals surface area contributed by atoms with Gasteiger partial charge in [0.05, 0.1) is 17.6 Å². The van der Waals surface area contributed by atoms with Gasteiger partial charge < -0.3 is 9.73 Å². The molecular formula is C22H18ClN3O2S. The average molecular weight is 424 g/mol. The Kier molecular flexibility index (Phi) is 5.89. The molecule has 4 rings (SSSR count). The van der Waals surface area contributed by atoms with Crippen molar-refractivity contribution in [2.75, 3.05) is 11.1 Å². The zero-order valence-corrected chi connectivity index (χ0v) is 17.1. The summed E-state index contributed by atoms with van der Waals surface area (Å²) in [5.41, 5.74) is 4.07. The van der Waals surface area contributed by atoms with Crippen molar-refractivity contribution in [2.24, 2.45) is 0 Å². The van der Waals surface area contributed by atoms with Gasteiger partial charge in [-0.05, 0) is 67.6 Å². The van der Waals surface area contributed by atoms with Crippen LogP contribution in [0.15, 0.2) is 52.1 Å². The number of halogens is 1. The van der Waals surface area contributed by atoms with Crippen LogP contribution in [0.5, 0.6) is 0 Å². The number of aryl methyl sites for hydroxylation is 1. The Morgan fingerprint density at radius 3 is 2.76 bits per heavy atom. The largest absolute Gasteiger partial charge is 0.464 e. The van der Waals surface area contributed by atoms with Crippen LogP contribution in [0.2, 0.25) is 5.02 Å². The molecule has 0 bridgehead atoms. The lowest BCUT2D eigenvalue weighted by Gasteiger charge is -2.20. The van der Waals surface area contributed by atoms with Crippen molar-refractivity contribution in [1.82, 2.24) is 4.98 Å². The molecule has 1 aliphatic carbocycles. The molecule has 0 spiro atoms. The first-order chi connectivity index (χ1) is 14.2. The quantitative estimate of drug-likeness (QED) is 0.550. The van der Waals surface area contributed by atoms with Crippen molar-refractivity contribution in [1.29, 1.82) is 5.26 Å². The number of benzene rings is 1. The SMILES string of the molecule is N#Cc1c(SCC(=O)Nc2ccc(Cl)cc2)nc2c(c1-c1ccco1)CCCC2. The van der Waals surface area contributed by atoms with Crippen molar-refractivity contribution >= 4 is 35.0 Å². The van der Waals surface area contributed by atoms with Crippen LogP contribution in [0.4, 0.5) is 5.69 Å². The van der Waals surface area contributed by atoms with E-state index in [4.69, 9.17) is 21.0 Å². The van der Waals surface area contributed by atoms with Gasteiger partial charge in [-0.3, -0.25) is 4.79 Å². The van der Waals surface area contributed by atoms with E-state index in [9.17, 15) is 10.1 Å². The molecule has 1 amide bonds. The number of anilines is 1. The monoisotopic (exact) mass is 423 g/mol. The third kappa shape index (κ3) is 4.31. The minimum atomic E-state index is -0.166. The maximum atomic E-state index is 12.4. The van der Waals surface area contributed by atoms with Gasteiger partial charge in [-0.15, -0.1) is 0 Å². The summed E-state index contributed by atoms with van der Waals surface area (Å²) in [6.45, 7) is 0. The topological polar surface area (TPSA) is 78.9 Å². The van der Waals surface area contributed by atoms with Gasteiger partial charge in [0.15, 0.2) is 0 Å². The molecule has 0 atom stereocenters. The van der Waals surface area contributed by atoms with Crippen LogP contribution >= 0.6 is 23.4 Å². The van der Waals surface area contributed by atoms with E-state index in [-0.39, 0.29) is 11.7 Å². The Labute approximate surface area is 178 Å². The highest BCUT2D eigenvalue weighted by molar-refractivity contribution is 8.00. The van der Waals surface area contributed by atoms with Crippen molar-refractivity contribution in [2.45, 2.75) is 30.7 Å². The number of rotatable bonds is 5. The molecule has 2 aromatic heterocycles. The van der Waals surface area contributed by atoms with Crippen LogP contribution in [0, 0.1) is 11.3 Å². The van der Waals surface area contributed by atoms with E-state index in [0.717, 1.165) is 42.5 Å². The van der Waals surface area contributed by atoms with Gasteiger partial charge in [-0.25, -0.2) is 4.98 Å². The van der Waals surface area contributed by atoms with Crippen LogP contribution in [-0.2, 0) is 17.6 Å². The first kappa shape index (κ1) is 19.6. The van der Waals surface area contributed by atoms with E-state index >= 15 is 0 Å². The molecular weight excluding hydrogens is 406 g/mol. The Bertz CT molecular complexity index is 1070. The molecule has 1 N–H and O–H groups in total. The van der Waals surface area contributed by atoms with Crippen molar-refractivity contribution in [3.05, 3.63) is 64.5 Å². The summed E-state index contributed by atoms with van der Waals surface area (Å²) in [4.78, 5) is 17.1. The van der Waals surface area contributed by atoms with E-state index in [1.807, 2.05) is 12.1 Å². The molecule has 0 radical (unpaired) electrons. The van der Waals surface area contributed by atoms with E-state index in [1.54, 1.807) is 30.5 Å². The van der Waals surface area contributed by atoms with Crippen LogP contribution in [0.3, 0.4) is 0 Å². The predicted molar refractivity (Wildman–Crippen MR) is 114 cm³/mol. The van der Waals surface area contributed by atoms with Gasteiger partial charge >= 0.3 is 0 Å².